The van der Waals surface area contributed by atoms with Crippen LogP contribution < -0.4 is 0 Å². The molecule has 5 nitrogen and oxygen atoms in total. The Bertz CT molecular complexity index is 296. The fraction of sp³-hybridized carbons (Fsp3) is 0.800. The third-order valence-corrected chi connectivity index (χ3v) is 2.31. The van der Waals surface area contributed by atoms with E-state index in [9.17, 15) is 0 Å². The van der Waals surface area contributed by atoms with Crippen molar-refractivity contribution in [1.82, 2.24) is 19.9 Å². The number of aromatic nitrogens is 3. The topological polar surface area (TPSA) is 54.2 Å². The normalized spacial score (nSPS) is 11.3. The van der Waals surface area contributed by atoms with Crippen molar-refractivity contribution >= 4 is 0 Å². The molecule has 0 aliphatic heterocycles. The van der Waals surface area contributed by atoms with Crippen LogP contribution in [-0.4, -0.2) is 45.6 Å². The number of likely N-dealkylation sites (N-methyl/N-ethyl adjacent to an activating group) is 1. The molecule has 0 aliphatic carbocycles. The Kier molecular flexibility index (Phi) is 4.71. The molecule has 0 radical (unpaired) electrons. The molecule has 0 aromatic carbocycles. The fourth-order valence-corrected chi connectivity index (χ4v) is 1.48. The highest BCUT2D eigenvalue weighted by Crippen LogP contribution is 2.08. The zero-order valence-corrected chi connectivity index (χ0v) is 9.77. The number of nitrogens with zero attached hydrogens (tertiary/aromatic N) is 4. The number of hydrogen-bond acceptors (Lipinski definition) is 4. The quantitative estimate of drug-likeness (QED) is 0.736. The maximum atomic E-state index is 9.11. The summed E-state index contributed by atoms with van der Waals surface area (Å²) in [6.45, 7) is 3.86. The molecular formula is C10H20N4O. The maximum Gasteiger partial charge on any atom is 0.111 e. The van der Waals surface area contributed by atoms with Gasteiger partial charge < -0.3 is 10.0 Å². The van der Waals surface area contributed by atoms with Gasteiger partial charge in [-0.2, -0.15) is 0 Å². The Morgan fingerprint density at radius 2 is 2.13 bits per heavy atom. The summed E-state index contributed by atoms with van der Waals surface area (Å²) in [7, 11) is 4.06. The van der Waals surface area contributed by atoms with Gasteiger partial charge in [-0.3, -0.25) is 0 Å². The first kappa shape index (κ1) is 12.1. The van der Waals surface area contributed by atoms with Crippen molar-refractivity contribution in [1.29, 1.82) is 0 Å². The lowest BCUT2D eigenvalue weighted by Gasteiger charge is -2.11. The van der Waals surface area contributed by atoms with E-state index >= 15 is 0 Å². The van der Waals surface area contributed by atoms with Crippen LogP contribution in [0.25, 0.3) is 0 Å². The molecule has 86 valence electrons. The van der Waals surface area contributed by atoms with Crippen LogP contribution in [0.5, 0.6) is 0 Å². The summed E-state index contributed by atoms with van der Waals surface area (Å²) < 4.78 is 1.90. The zero-order chi connectivity index (χ0) is 11.3. The van der Waals surface area contributed by atoms with Crippen molar-refractivity contribution in [3.05, 3.63) is 11.4 Å². The molecule has 1 aromatic heterocycles. The number of rotatable bonds is 6. The van der Waals surface area contributed by atoms with Crippen LogP contribution in [0.1, 0.15) is 24.7 Å². The van der Waals surface area contributed by atoms with Gasteiger partial charge in [0.15, 0.2) is 0 Å². The molecule has 0 unspecified atom stereocenters. The van der Waals surface area contributed by atoms with E-state index < -0.39 is 0 Å². The molecule has 1 N–H and O–H groups in total. The van der Waals surface area contributed by atoms with Gasteiger partial charge in [-0.15, -0.1) is 5.10 Å². The van der Waals surface area contributed by atoms with Crippen molar-refractivity contribution in [2.24, 2.45) is 0 Å². The van der Waals surface area contributed by atoms with Crippen LogP contribution in [-0.2, 0) is 19.6 Å². The monoisotopic (exact) mass is 212 g/mol. The van der Waals surface area contributed by atoms with E-state index in [-0.39, 0.29) is 6.61 Å². The predicted octanol–water partition coefficient (Wildman–Crippen LogP) is 0.284. The maximum absolute atomic E-state index is 9.11. The van der Waals surface area contributed by atoms with E-state index in [0.29, 0.717) is 0 Å². The van der Waals surface area contributed by atoms with Gasteiger partial charge in [-0.05, 0) is 20.5 Å². The van der Waals surface area contributed by atoms with Crippen LogP contribution in [0.4, 0.5) is 0 Å². The highest BCUT2D eigenvalue weighted by Gasteiger charge is 2.10. The summed E-state index contributed by atoms with van der Waals surface area (Å²) in [6, 6.07) is 0. The van der Waals surface area contributed by atoms with Crippen molar-refractivity contribution in [3.63, 3.8) is 0 Å². The lowest BCUT2D eigenvalue weighted by atomic mass is 10.2. The second-order valence-electron chi connectivity index (χ2n) is 3.92. The average Bonchev–Trinajstić information content (AvgIpc) is 2.58. The smallest absolute Gasteiger partial charge is 0.111 e. The third kappa shape index (κ3) is 3.28. The van der Waals surface area contributed by atoms with Gasteiger partial charge in [-0.1, -0.05) is 18.6 Å². The van der Waals surface area contributed by atoms with Crippen molar-refractivity contribution in [3.8, 4) is 0 Å². The van der Waals surface area contributed by atoms with Gasteiger partial charge >= 0.3 is 0 Å². The summed E-state index contributed by atoms with van der Waals surface area (Å²) in [5.41, 5.74) is 1.79. The van der Waals surface area contributed by atoms with E-state index in [4.69, 9.17) is 5.11 Å². The Morgan fingerprint density at radius 1 is 1.40 bits per heavy atom. The van der Waals surface area contributed by atoms with Gasteiger partial charge in [0.2, 0.25) is 0 Å². The predicted molar refractivity (Wildman–Crippen MR) is 58.5 cm³/mol. The van der Waals surface area contributed by atoms with Gasteiger partial charge in [0.25, 0.3) is 0 Å². The molecule has 0 saturated heterocycles. The molecule has 5 heteroatoms. The zero-order valence-electron chi connectivity index (χ0n) is 9.77. The average molecular weight is 212 g/mol. The van der Waals surface area contributed by atoms with Crippen molar-refractivity contribution in [2.45, 2.75) is 32.9 Å². The minimum absolute atomic E-state index is 0.0166. The lowest BCUT2D eigenvalue weighted by molar-refractivity contribution is 0.275. The number of hydrogen-bond donors (Lipinski definition) is 1. The lowest BCUT2D eigenvalue weighted by Crippen LogP contribution is -2.20. The van der Waals surface area contributed by atoms with Crippen molar-refractivity contribution in [2.75, 3.05) is 20.6 Å². The molecule has 0 spiro atoms. The third-order valence-electron chi connectivity index (χ3n) is 2.31. The molecule has 15 heavy (non-hydrogen) atoms. The van der Waals surface area contributed by atoms with Gasteiger partial charge in [0.05, 0.1) is 18.8 Å². The summed E-state index contributed by atoms with van der Waals surface area (Å²) in [6.07, 6.45) is 1.97. The molecule has 1 aromatic rings. The Balaban J connectivity index is 2.72. The second-order valence-corrected chi connectivity index (χ2v) is 3.92. The molecule has 0 bridgehead atoms. The van der Waals surface area contributed by atoms with Crippen LogP contribution in [0.15, 0.2) is 0 Å². The van der Waals surface area contributed by atoms with Gasteiger partial charge in [-0.25, -0.2) is 4.68 Å². The van der Waals surface area contributed by atoms with E-state index in [1.54, 1.807) is 0 Å². The Morgan fingerprint density at radius 3 is 2.67 bits per heavy atom. The number of aliphatic hydroxyl groups excluding tert-OH is 1. The van der Waals surface area contributed by atoms with E-state index in [1.165, 1.54) is 0 Å². The molecular weight excluding hydrogens is 192 g/mol. The first-order valence-electron chi connectivity index (χ1n) is 5.35. The Hall–Kier alpha value is -0.940. The van der Waals surface area contributed by atoms with E-state index in [0.717, 1.165) is 37.3 Å². The van der Waals surface area contributed by atoms with Crippen LogP contribution >= 0.6 is 0 Å². The molecule has 1 heterocycles. The largest absolute Gasteiger partial charge is 0.390 e. The molecule has 0 saturated carbocycles. The SMILES string of the molecule is CCCc1c(CO)nnn1CCN(C)C. The minimum atomic E-state index is -0.0166. The van der Waals surface area contributed by atoms with E-state index in [1.807, 2.05) is 18.8 Å². The van der Waals surface area contributed by atoms with Crippen molar-refractivity contribution < 1.29 is 5.11 Å². The summed E-state index contributed by atoms with van der Waals surface area (Å²) >= 11 is 0. The van der Waals surface area contributed by atoms with Crippen LogP contribution in [0, 0.1) is 0 Å². The van der Waals surface area contributed by atoms with E-state index in [2.05, 4.69) is 22.1 Å². The molecule has 0 aliphatic rings. The Labute approximate surface area is 90.7 Å². The van der Waals surface area contributed by atoms with Crippen LogP contribution in [0.2, 0.25) is 0 Å². The summed E-state index contributed by atoms with van der Waals surface area (Å²) in [5.74, 6) is 0. The summed E-state index contributed by atoms with van der Waals surface area (Å²) in [4.78, 5) is 2.11. The first-order chi connectivity index (χ1) is 7.19. The first-order valence-corrected chi connectivity index (χ1v) is 5.35. The van der Waals surface area contributed by atoms with Gasteiger partial charge in [0, 0.05) is 6.54 Å². The standard InChI is InChI=1S/C10H20N4O/c1-4-5-10-9(8-15)11-12-14(10)7-6-13(2)3/h15H,4-8H2,1-3H3. The van der Waals surface area contributed by atoms with Gasteiger partial charge in [0.1, 0.15) is 5.69 Å². The number of aliphatic hydroxyl groups is 1. The molecule has 0 amide bonds. The second kappa shape index (κ2) is 5.82. The minimum Gasteiger partial charge on any atom is -0.390 e. The summed E-state index contributed by atoms with van der Waals surface area (Å²) in [5, 5.41) is 17.1. The highest BCUT2D eigenvalue weighted by atomic mass is 16.3. The molecule has 1 rings (SSSR count). The molecule has 0 fully saturated rings. The van der Waals surface area contributed by atoms with Crippen LogP contribution in [0.3, 0.4) is 0 Å². The molecule has 0 atom stereocenters. The highest BCUT2D eigenvalue weighted by molar-refractivity contribution is 5.09. The fourth-order valence-electron chi connectivity index (χ4n) is 1.48.